The van der Waals surface area contributed by atoms with Gasteiger partial charge in [0.1, 0.15) is 5.75 Å². The molecule has 0 spiro atoms. The Hall–Kier alpha value is -6.95. The van der Waals surface area contributed by atoms with Crippen molar-refractivity contribution in [2.45, 2.75) is 132 Å². The Bertz CT molecular complexity index is 3580. The largest absolute Gasteiger partial charge is 0.508 e. The number of rotatable bonds is 7. The molecule has 3 aliphatic heterocycles. The van der Waals surface area contributed by atoms with E-state index in [1.807, 2.05) is 12.1 Å². The molecule has 3 N–H and O–H groups in total. The first-order valence-electron chi connectivity index (χ1n) is 25.6. The lowest BCUT2D eigenvalue weighted by Gasteiger charge is -2.24. The number of amides is 2. The molecule has 2 aromatic heterocycles. The zero-order valence-electron chi connectivity index (χ0n) is 41.4. The van der Waals surface area contributed by atoms with Gasteiger partial charge in [-0.1, -0.05) is 68.9 Å². The molecule has 1 unspecified atom stereocenters. The molecule has 74 heavy (non-hydrogen) atoms. The second kappa shape index (κ2) is 21.1. The standard InChI is InChI=1S/C29H28N2O3.C25H22N2O.C6H9ClO3.2CH4/c1-2-31-23-11-7-17(24-5-3-4-12-34-24)14-21(23)26-22-15-30-29(33)27(22)25-19-10-8-18(32)13-16(19)6-9-20(25)28(26)31;1-3-27-20-7-5-4-6-17(20)22-19-13-26-25(28)23(19)21-16-10-8-14(2)12-15(16)9-11-18(21)24(22)27;1-10-6(9)4-2-3-5(7)8;;/h7-8,10-11,13-14,24,32H,2-6,9,12,15H2,1H3,(H,30,33);4-8,10,12H,3,9,11,13H2,1-2H3,(H,26,28);2-4H2,1H3;2*1H4. The molecule has 13 rings (SSSR count). The zero-order chi connectivity index (χ0) is 49.9. The molecule has 0 saturated carbocycles. The molecule has 0 bridgehead atoms. The predicted molar refractivity (Wildman–Crippen MR) is 297 cm³/mol. The third kappa shape index (κ3) is 8.71. The van der Waals surface area contributed by atoms with E-state index in [0.29, 0.717) is 19.5 Å². The van der Waals surface area contributed by atoms with Crippen LogP contribution in [0.15, 0.2) is 78.9 Å². The number of hydrogen-bond donors (Lipinski definition) is 3. The van der Waals surface area contributed by atoms with E-state index in [4.69, 9.17) is 16.3 Å². The van der Waals surface area contributed by atoms with Crippen molar-refractivity contribution in [3.8, 4) is 28.0 Å². The number of esters is 1. The molecule has 1 saturated heterocycles. The van der Waals surface area contributed by atoms with Crippen LogP contribution in [0.4, 0.5) is 0 Å². The molecule has 1 atom stereocenters. The number of aryl methyl sites for hydroxylation is 7. The maximum Gasteiger partial charge on any atom is 0.305 e. The number of carbonyl (C=O) groups is 4. The number of nitrogens with one attached hydrogen (secondary N) is 2. The van der Waals surface area contributed by atoms with Crippen molar-refractivity contribution in [2.24, 2.45) is 0 Å². The summed E-state index contributed by atoms with van der Waals surface area (Å²) in [5.74, 6) is 0.0653. The number of aromatic hydroxyl groups is 1. The van der Waals surface area contributed by atoms with Gasteiger partial charge in [0.2, 0.25) is 5.24 Å². The van der Waals surface area contributed by atoms with Crippen LogP contribution in [0.5, 0.6) is 5.75 Å². The first-order chi connectivity index (χ1) is 35.0. The predicted octanol–water partition coefficient (Wildman–Crippen LogP) is 13.3. The number of fused-ring (bicyclic) bond motifs is 20. The molecule has 12 heteroatoms. The molecule has 5 aliphatic rings. The number of benzene rings is 6. The van der Waals surface area contributed by atoms with E-state index in [2.05, 4.69) is 106 Å². The highest BCUT2D eigenvalue weighted by Crippen LogP contribution is 2.49. The molecule has 6 aromatic carbocycles. The molecule has 8 aromatic rings. The SMILES string of the molecule is C.C.CCn1c2ccc(C3CCCCO3)cc2c2c3c(c4c(c21)CCc1cc(O)ccc1-4)C(=O)NC3.CCn1c2ccccc2c2c3c(c4c(c21)CCc1cc(C)ccc1-4)C(=O)NC3.COC(=O)CCCC(=O)Cl. The van der Waals surface area contributed by atoms with Gasteiger partial charge in [-0.25, -0.2) is 0 Å². The summed E-state index contributed by atoms with van der Waals surface area (Å²) in [6.45, 7) is 10.4. The minimum Gasteiger partial charge on any atom is -0.508 e. The number of para-hydroxylation sites is 1. The minimum atomic E-state index is -0.413. The quantitative estimate of drug-likeness (QED) is 0.107. The van der Waals surface area contributed by atoms with Gasteiger partial charge in [-0.15, -0.1) is 0 Å². The van der Waals surface area contributed by atoms with Crippen LogP contribution in [0.3, 0.4) is 0 Å². The van der Waals surface area contributed by atoms with Crippen LogP contribution in [-0.4, -0.2) is 51.0 Å². The average molecular weight is 1020 g/mol. The van der Waals surface area contributed by atoms with Crippen molar-refractivity contribution >= 4 is 78.2 Å². The van der Waals surface area contributed by atoms with Crippen LogP contribution in [0.2, 0.25) is 0 Å². The fourth-order valence-electron chi connectivity index (χ4n) is 12.5. The molecule has 2 aliphatic carbocycles. The van der Waals surface area contributed by atoms with Gasteiger partial charge in [0.05, 0.1) is 35.4 Å². The van der Waals surface area contributed by atoms with Crippen molar-refractivity contribution in [2.75, 3.05) is 13.7 Å². The smallest absolute Gasteiger partial charge is 0.305 e. The average Bonchev–Trinajstić information content (AvgIpc) is 4.19. The first kappa shape index (κ1) is 51.9. The van der Waals surface area contributed by atoms with Crippen LogP contribution in [0, 0.1) is 6.92 Å². The van der Waals surface area contributed by atoms with Gasteiger partial charge >= 0.3 is 5.97 Å². The Balaban J connectivity index is 0.000000152. The van der Waals surface area contributed by atoms with Crippen LogP contribution < -0.4 is 10.6 Å². The fourth-order valence-corrected chi connectivity index (χ4v) is 12.6. The molecule has 384 valence electrons. The van der Waals surface area contributed by atoms with Crippen molar-refractivity contribution in [3.63, 3.8) is 0 Å². The second-order valence-corrected chi connectivity index (χ2v) is 20.1. The summed E-state index contributed by atoms with van der Waals surface area (Å²) in [5.41, 5.74) is 21.3. The highest BCUT2D eigenvalue weighted by molar-refractivity contribution is 6.63. The number of ether oxygens (including phenoxy) is 2. The third-order valence-electron chi connectivity index (χ3n) is 15.6. The molecule has 5 heterocycles. The van der Waals surface area contributed by atoms with E-state index in [1.165, 1.54) is 102 Å². The van der Waals surface area contributed by atoms with Gasteiger partial charge in [0, 0.05) is 89.3 Å². The topological polar surface area (TPSA) is 141 Å². The van der Waals surface area contributed by atoms with Crippen molar-refractivity contribution in [1.82, 2.24) is 19.8 Å². The summed E-state index contributed by atoms with van der Waals surface area (Å²) in [4.78, 5) is 46.7. The number of halogens is 1. The molecule has 1 fully saturated rings. The summed E-state index contributed by atoms with van der Waals surface area (Å²) in [7, 11) is 1.31. The van der Waals surface area contributed by atoms with Crippen molar-refractivity contribution < 1.29 is 33.8 Å². The van der Waals surface area contributed by atoms with Crippen LogP contribution in [-0.2, 0) is 70.9 Å². The number of phenolic OH excluding ortho intramolecular Hbond substituents is 1. The van der Waals surface area contributed by atoms with E-state index in [-0.39, 0.29) is 57.3 Å². The lowest BCUT2D eigenvalue weighted by Crippen LogP contribution is -2.15. The van der Waals surface area contributed by atoms with Gasteiger partial charge in [-0.3, -0.25) is 19.2 Å². The number of carbonyl (C=O) groups excluding carboxylic acids is 4. The van der Waals surface area contributed by atoms with E-state index >= 15 is 0 Å². The second-order valence-electron chi connectivity index (χ2n) is 19.7. The molecular formula is C62H67ClN4O7. The summed E-state index contributed by atoms with van der Waals surface area (Å²) in [5, 5.41) is 20.9. The Morgan fingerprint density at radius 3 is 1.89 bits per heavy atom. The van der Waals surface area contributed by atoms with E-state index in [9.17, 15) is 24.3 Å². The van der Waals surface area contributed by atoms with Crippen LogP contribution in [0.25, 0.3) is 65.9 Å². The van der Waals surface area contributed by atoms with Crippen LogP contribution in [0.1, 0.15) is 139 Å². The summed E-state index contributed by atoms with van der Waals surface area (Å²) in [6.07, 6.45) is 8.26. The number of aromatic nitrogens is 2. The maximum atomic E-state index is 13.2. The number of phenols is 1. The monoisotopic (exact) mass is 1010 g/mol. The van der Waals surface area contributed by atoms with Crippen LogP contribution >= 0.6 is 11.6 Å². The van der Waals surface area contributed by atoms with Gasteiger partial charge in [0.25, 0.3) is 11.8 Å². The van der Waals surface area contributed by atoms with Crippen molar-refractivity contribution in [1.29, 1.82) is 0 Å². The normalized spacial score (nSPS) is 15.7. The van der Waals surface area contributed by atoms with E-state index in [1.54, 1.807) is 6.07 Å². The first-order valence-corrected chi connectivity index (χ1v) is 26.0. The fraction of sp³-hybridized carbons (Fsp3) is 0.355. The lowest BCUT2D eigenvalue weighted by molar-refractivity contribution is -0.140. The van der Waals surface area contributed by atoms with Crippen molar-refractivity contribution in [3.05, 3.63) is 134 Å². The maximum absolute atomic E-state index is 13.2. The molecule has 2 amide bonds. The third-order valence-corrected chi connectivity index (χ3v) is 15.8. The number of methoxy groups -OCH3 is 1. The highest BCUT2D eigenvalue weighted by atomic mass is 35.5. The summed E-state index contributed by atoms with van der Waals surface area (Å²) < 4.78 is 15.3. The Labute approximate surface area is 438 Å². The number of hydrogen-bond acceptors (Lipinski definition) is 7. The Kier molecular flexibility index (Phi) is 14.8. The lowest BCUT2D eigenvalue weighted by atomic mass is 9.79. The summed E-state index contributed by atoms with van der Waals surface area (Å²) >= 11 is 5.01. The minimum absolute atomic E-state index is 0. The number of nitrogens with zero attached hydrogens (tertiary/aromatic N) is 2. The van der Waals surface area contributed by atoms with Gasteiger partial charge in [0.15, 0.2) is 0 Å². The molecule has 0 radical (unpaired) electrons. The highest BCUT2D eigenvalue weighted by Gasteiger charge is 2.36. The van der Waals surface area contributed by atoms with Gasteiger partial charge in [-0.2, -0.15) is 0 Å². The zero-order valence-corrected chi connectivity index (χ0v) is 42.1. The summed E-state index contributed by atoms with van der Waals surface area (Å²) in [6, 6.07) is 27.7. The van der Waals surface area contributed by atoms with Gasteiger partial charge in [-0.05, 0) is 164 Å². The van der Waals surface area contributed by atoms with E-state index < -0.39 is 5.24 Å². The molecule has 11 nitrogen and oxygen atoms in total. The Morgan fingerprint density at radius 1 is 0.703 bits per heavy atom. The van der Waals surface area contributed by atoms with E-state index in [0.717, 1.165) is 91.6 Å². The Morgan fingerprint density at radius 2 is 1.30 bits per heavy atom. The molecular weight excluding hydrogens is 948 g/mol. The van der Waals surface area contributed by atoms with Gasteiger partial charge < -0.3 is 34.3 Å².